The normalized spacial score (nSPS) is 14.2. The zero-order valence-electron chi connectivity index (χ0n) is 14.9. The molecule has 1 aliphatic rings. The highest BCUT2D eigenvalue weighted by Crippen LogP contribution is 2.31. The van der Waals surface area contributed by atoms with Crippen molar-refractivity contribution in [1.82, 2.24) is 14.7 Å². The maximum atomic E-state index is 6.03. The van der Waals surface area contributed by atoms with E-state index in [0.29, 0.717) is 6.61 Å². The van der Waals surface area contributed by atoms with Crippen molar-refractivity contribution < 1.29 is 4.74 Å². The van der Waals surface area contributed by atoms with Gasteiger partial charge in [-0.05, 0) is 36.8 Å². The monoisotopic (exact) mass is 367 g/mol. The molecule has 2 aromatic carbocycles. The fourth-order valence-corrected chi connectivity index (χ4v) is 3.60. The van der Waals surface area contributed by atoms with Gasteiger partial charge >= 0.3 is 0 Å². The fraction of sp³-hybridized carbons (Fsp3) is 0.286. The summed E-state index contributed by atoms with van der Waals surface area (Å²) >= 11 is 6.03. The van der Waals surface area contributed by atoms with Crippen LogP contribution in [0.15, 0.2) is 54.6 Å². The van der Waals surface area contributed by atoms with Crippen LogP contribution < -0.4 is 4.74 Å². The van der Waals surface area contributed by atoms with Gasteiger partial charge in [0.25, 0.3) is 0 Å². The van der Waals surface area contributed by atoms with Crippen molar-refractivity contribution in [3.05, 3.63) is 76.4 Å². The van der Waals surface area contributed by atoms with Crippen LogP contribution in [-0.4, -0.2) is 27.8 Å². The zero-order valence-corrected chi connectivity index (χ0v) is 15.6. The second-order valence-electron chi connectivity index (χ2n) is 6.50. The smallest absolute Gasteiger partial charge is 0.238 e. The average molecular weight is 368 g/mol. The molecule has 2 heterocycles. The minimum absolute atomic E-state index is 0.614. The molecule has 0 unspecified atom stereocenters. The Hall–Kier alpha value is -2.30. The van der Waals surface area contributed by atoms with Gasteiger partial charge in [-0.25, -0.2) is 4.68 Å². The molecule has 0 N–H and O–H groups in total. The molecule has 0 bridgehead atoms. The van der Waals surface area contributed by atoms with Crippen LogP contribution in [0.25, 0.3) is 5.69 Å². The van der Waals surface area contributed by atoms with Crippen LogP contribution in [0.1, 0.15) is 23.7 Å². The highest BCUT2D eigenvalue weighted by molar-refractivity contribution is 6.30. The van der Waals surface area contributed by atoms with Crippen molar-refractivity contribution in [3.63, 3.8) is 0 Å². The van der Waals surface area contributed by atoms with Crippen molar-refractivity contribution in [3.8, 4) is 11.6 Å². The largest absolute Gasteiger partial charge is 0.477 e. The number of ether oxygens (including phenoxy) is 1. The van der Waals surface area contributed by atoms with E-state index in [2.05, 4.69) is 35.2 Å². The van der Waals surface area contributed by atoms with Gasteiger partial charge in [0.2, 0.25) is 5.88 Å². The lowest BCUT2D eigenvalue weighted by molar-refractivity contribution is 0.236. The summed E-state index contributed by atoms with van der Waals surface area (Å²) in [6, 6.07) is 18.4. The predicted molar refractivity (Wildman–Crippen MR) is 104 cm³/mol. The number of hydrogen-bond donors (Lipinski definition) is 0. The number of hydrogen-bond acceptors (Lipinski definition) is 3. The topological polar surface area (TPSA) is 30.3 Å². The molecule has 1 aliphatic heterocycles. The van der Waals surface area contributed by atoms with Gasteiger partial charge < -0.3 is 4.74 Å². The van der Waals surface area contributed by atoms with Crippen LogP contribution >= 0.6 is 11.6 Å². The van der Waals surface area contributed by atoms with E-state index in [0.717, 1.165) is 42.6 Å². The van der Waals surface area contributed by atoms with Crippen LogP contribution in [0.3, 0.4) is 0 Å². The Morgan fingerprint density at radius 2 is 1.85 bits per heavy atom. The van der Waals surface area contributed by atoms with Crippen LogP contribution in [0, 0.1) is 0 Å². The Morgan fingerprint density at radius 3 is 2.58 bits per heavy atom. The molecule has 26 heavy (non-hydrogen) atoms. The maximum absolute atomic E-state index is 6.03. The highest BCUT2D eigenvalue weighted by Gasteiger charge is 2.26. The summed E-state index contributed by atoms with van der Waals surface area (Å²) in [6.45, 7) is 5.42. The van der Waals surface area contributed by atoms with Gasteiger partial charge in [0, 0.05) is 31.1 Å². The number of rotatable bonds is 5. The van der Waals surface area contributed by atoms with Gasteiger partial charge in [0.15, 0.2) is 0 Å². The van der Waals surface area contributed by atoms with Crippen molar-refractivity contribution >= 4 is 11.6 Å². The first-order valence-electron chi connectivity index (χ1n) is 9.00. The molecule has 4 rings (SSSR count). The van der Waals surface area contributed by atoms with Crippen molar-refractivity contribution in [2.45, 2.75) is 26.4 Å². The summed E-state index contributed by atoms with van der Waals surface area (Å²) in [5.74, 6) is 0.746. The molecule has 5 heteroatoms. The quantitative estimate of drug-likeness (QED) is 0.666. The summed E-state index contributed by atoms with van der Waals surface area (Å²) in [5.41, 5.74) is 4.79. The van der Waals surface area contributed by atoms with Crippen molar-refractivity contribution in [2.75, 3.05) is 13.2 Å². The Kier molecular flexibility index (Phi) is 4.96. The molecule has 0 amide bonds. The molecule has 134 valence electrons. The Morgan fingerprint density at radius 1 is 1.08 bits per heavy atom. The minimum atomic E-state index is 0.614. The first-order valence-corrected chi connectivity index (χ1v) is 9.38. The van der Waals surface area contributed by atoms with E-state index in [1.807, 2.05) is 35.9 Å². The van der Waals surface area contributed by atoms with Crippen molar-refractivity contribution in [1.29, 1.82) is 0 Å². The van der Waals surface area contributed by atoms with E-state index < -0.39 is 0 Å². The molecular formula is C21H22ClN3O. The third-order valence-electron chi connectivity index (χ3n) is 4.70. The van der Waals surface area contributed by atoms with E-state index in [1.165, 1.54) is 16.8 Å². The average Bonchev–Trinajstić information content (AvgIpc) is 3.02. The molecular weight excluding hydrogens is 346 g/mol. The number of fused-ring (bicyclic) bond motifs is 1. The lowest BCUT2D eigenvalue weighted by Crippen LogP contribution is -2.30. The summed E-state index contributed by atoms with van der Waals surface area (Å²) < 4.78 is 7.85. The summed E-state index contributed by atoms with van der Waals surface area (Å²) in [4.78, 5) is 2.45. The Balaban J connectivity index is 1.63. The molecule has 0 saturated carbocycles. The van der Waals surface area contributed by atoms with Gasteiger partial charge in [0.1, 0.15) is 0 Å². The molecule has 0 fully saturated rings. The molecule has 0 radical (unpaired) electrons. The summed E-state index contributed by atoms with van der Waals surface area (Å²) in [7, 11) is 0. The zero-order chi connectivity index (χ0) is 17.9. The standard InChI is InChI=1S/C21H22ClN3O/c1-2-26-21-19-15-24(14-16-6-4-3-5-7-16)13-12-20(19)25(23-21)18-10-8-17(22)9-11-18/h3-11H,2,12-15H2,1H3. The van der Waals surface area contributed by atoms with E-state index in [-0.39, 0.29) is 0 Å². The van der Waals surface area contributed by atoms with Crippen LogP contribution in [0.5, 0.6) is 5.88 Å². The van der Waals surface area contributed by atoms with Gasteiger partial charge in [-0.2, -0.15) is 0 Å². The highest BCUT2D eigenvalue weighted by atomic mass is 35.5. The maximum Gasteiger partial charge on any atom is 0.238 e. The molecule has 1 aromatic heterocycles. The Bertz CT molecular complexity index is 874. The molecule has 0 atom stereocenters. The number of aromatic nitrogens is 2. The third kappa shape index (κ3) is 3.48. The van der Waals surface area contributed by atoms with Crippen LogP contribution in [0.2, 0.25) is 5.02 Å². The number of halogens is 1. The molecule has 4 nitrogen and oxygen atoms in total. The summed E-state index contributed by atoms with van der Waals surface area (Å²) in [6.07, 6.45) is 0.949. The molecule has 0 spiro atoms. The number of benzene rings is 2. The first kappa shape index (κ1) is 17.1. The second-order valence-corrected chi connectivity index (χ2v) is 6.93. The van der Waals surface area contributed by atoms with Crippen LogP contribution in [0.4, 0.5) is 0 Å². The SMILES string of the molecule is CCOc1nn(-c2ccc(Cl)cc2)c2c1CN(Cc1ccccc1)CC2. The van der Waals surface area contributed by atoms with E-state index in [4.69, 9.17) is 21.4 Å². The molecule has 3 aromatic rings. The Labute approximate surface area is 159 Å². The number of nitrogens with zero attached hydrogens (tertiary/aromatic N) is 3. The third-order valence-corrected chi connectivity index (χ3v) is 4.95. The minimum Gasteiger partial charge on any atom is -0.477 e. The molecule has 0 saturated heterocycles. The van der Waals surface area contributed by atoms with Gasteiger partial charge in [-0.3, -0.25) is 4.90 Å². The van der Waals surface area contributed by atoms with Gasteiger partial charge in [-0.15, -0.1) is 5.10 Å². The van der Waals surface area contributed by atoms with E-state index >= 15 is 0 Å². The van der Waals surface area contributed by atoms with Crippen LogP contribution in [-0.2, 0) is 19.5 Å². The van der Waals surface area contributed by atoms with E-state index in [1.54, 1.807) is 0 Å². The fourth-order valence-electron chi connectivity index (χ4n) is 3.47. The summed E-state index contributed by atoms with van der Waals surface area (Å²) in [5, 5.41) is 5.48. The van der Waals surface area contributed by atoms with Crippen molar-refractivity contribution in [2.24, 2.45) is 0 Å². The first-order chi connectivity index (χ1) is 12.7. The van der Waals surface area contributed by atoms with E-state index in [9.17, 15) is 0 Å². The molecule has 0 aliphatic carbocycles. The lowest BCUT2D eigenvalue weighted by Gasteiger charge is -2.27. The lowest BCUT2D eigenvalue weighted by atomic mass is 10.1. The predicted octanol–water partition coefficient (Wildman–Crippen LogP) is 4.48. The second kappa shape index (κ2) is 7.52. The van der Waals surface area contributed by atoms with Gasteiger partial charge in [-0.1, -0.05) is 41.9 Å². The van der Waals surface area contributed by atoms with Gasteiger partial charge in [0.05, 0.1) is 23.6 Å².